The average molecular weight is 1160 g/mol. The van der Waals surface area contributed by atoms with Gasteiger partial charge in [-0.3, -0.25) is 64.2 Å². The number of halogens is 5. The van der Waals surface area contributed by atoms with Gasteiger partial charge in [0.1, 0.15) is 0 Å². The summed E-state index contributed by atoms with van der Waals surface area (Å²) in [5, 5.41) is 14.9. The van der Waals surface area contributed by atoms with Gasteiger partial charge in [-0.25, -0.2) is 19.0 Å². The van der Waals surface area contributed by atoms with Gasteiger partial charge in [-0.1, -0.05) is 89.9 Å². The van der Waals surface area contributed by atoms with E-state index in [0.29, 0.717) is 53.8 Å². The van der Waals surface area contributed by atoms with Crippen LogP contribution >= 0.6 is 62.1 Å². The van der Waals surface area contributed by atoms with E-state index in [9.17, 15) is 42.9 Å². The van der Waals surface area contributed by atoms with Crippen molar-refractivity contribution in [2.75, 3.05) is 7.05 Å². The normalized spacial score (nSPS) is 11.2. The number of aromatic amines is 2. The SMILES string of the molecule is CNN.Cc1cccc2c(=O)[nH]n(C)c(=O)c12.Cc1cccc2c(=O)n(C)[nH]c(=O)c12.Cc1cccc2c(=O)n(C)nc(Cl)c12.Cc1cccc2c(Cl)nn(C)c(=O)c12.Cc1cccc2c1C(=O)OC2=O.O=P(Cl)(Cl)Cl. The van der Waals surface area contributed by atoms with Crippen molar-refractivity contribution in [1.29, 1.82) is 0 Å². The number of hydrogen-bond acceptors (Lipinski definition) is 14. The smallest absolute Gasteiger partial charge is 0.347 e. The zero-order valence-electron chi connectivity index (χ0n) is 42.3. The quantitative estimate of drug-likeness (QED) is 0.0368. The van der Waals surface area contributed by atoms with Gasteiger partial charge < -0.3 is 4.74 Å². The van der Waals surface area contributed by atoms with Crippen molar-refractivity contribution in [2.45, 2.75) is 34.6 Å². The number of benzene rings is 5. The molecule has 400 valence electrons. The number of fused-ring (bicyclic) bond motifs is 5. The average Bonchev–Trinajstić information content (AvgIpc) is 3.64. The number of nitrogens with zero attached hydrogens (tertiary/aromatic N) is 6. The Kier molecular flexibility index (Phi) is 21.6. The van der Waals surface area contributed by atoms with Crippen molar-refractivity contribution in [3.8, 4) is 0 Å². The molecule has 0 bridgehead atoms. The molecule has 5 aromatic carbocycles. The van der Waals surface area contributed by atoms with Crippen LogP contribution in [0.2, 0.25) is 10.3 Å². The van der Waals surface area contributed by atoms with E-state index in [1.54, 1.807) is 82.7 Å². The molecule has 0 aliphatic carbocycles. The summed E-state index contributed by atoms with van der Waals surface area (Å²) >= 11 is 25.8. The highest BCUT2D eigenvalue weighted by Crippen LogP contribution is 2.61. The van der Waals surface area contributed by atoms with E-state index >= 15 is 0 Å². The van der Waals surface area contributed by atoms with Crippen LogP contribution in [0.3, 0.4) is 0 Å². The molecule has 0 unspecified atom stereocenters. The molecule has 1 aliphatic rings. The summed E-state index contributed by atoms with van der Waals surface area (Å²) in [6, 6.07) is 26.7. The number of aryl methyl sites for hydroxylation is 9. The third-order valence-electron chi connectivity index (χ3n) is 11.0. The van der Waals surface area contributed by atoms with Crippen LogP contribution in [-0.4, -0.2) is 58.1 Å². The second-order valence-corrected chi connectivity index (χ2v) is 23.8. The number of hydrogen-bond donors (Lipinski definition) is 4. The maximum absolute atomic E-state index is 11.7. The number of aromatic nitrogens is 8. The van der Waals surface area contributed by atoms with E-state index in [-0.39, 0.29) is 33.4 Å². The lowest BCUT2D eigenvalue weighted by Gasteiger charge is -2.04. The maximum atomic E-state index is 11.7. The van der Waals surface area contributed by atoms with Gasteiger partial charge in [-0.15, -0.1) is 0 Å². The number of carbonyl (C=O) groups is 2. The van der Waals surface area contributed by atoms with E-state index in [4.69, 9.17) is 23.2 Å². The van der Waals surface area contributed by atoms with Crippen LogP contribution in [0.25, 0.3) is 43.1 Å². The van der Waals surface area contributed by atoms with Gasteiger partial charge >= 0.3 is 17.1 Å². The first-order valence-electron chi connectivity index (χ1n) is 22.1. The van der Waals surface area contributed by atoms with Crippen molar-refractivity contribution in [1.82, 2.24) is 44.5 Å². The van der Waals surface area contributed by atoms with Crippen LogP contribution in [-0.2, 0) is 37.5 Å². The fourth-order valence-corrected chi connectivity index (χ4v) is 8.13. The molecule has 0 radical (unpaired) electrons. The van der Waals surface area contributed by atoms with Crippen molar-refractivity contribution >= 4 is 117 Å². The monoisotopic (exact) mass is 1160 g/mol. The Morgan fingerprint density at radius 2 is 0.882 bits per heavy atom. The predicted molar refractivity (Wildman–Crippen MR) is 302 cm³/mol. The molecule has 20 nitrogen and oxygen atoms in total. The number of cyclic esters (lactones) is 2. The van der Waals surface area contributed by atoms with Gasteiger partial charge in [0.05, 0.1) is 43.4 Å². The van der Waals surface area contributed by atoms with Crippen molar-refractivity contribution < 1.29 is 18.9 Å². The first-order chi connectivity index (χ1) is 35.5. The summed E-state index contributed by atoms with van der Waals surface area (Å²) in [4.78, 5) is 91.8. The molecule has 5 heterocycles. The Bertz CT molecular complexity index is 4100. The molecule has 0 spiro atoms. The van der Waals surface area contributed by atoms with E-state index in [2.05, 4.69) is 70.1 Å². The Labute approximate surface area is 456 Å². The lowest BCUT2D eigenvalue weighted by Crippen LogP contribution is -2.27. The minimum absolute atomic E-state index is 0.109. The molecule has 26 heteroatoms. The van der Waals surface area contributed by atoms with E-state index in [1.807, 2.05) is 64.1 Å². The zero-order valence-corrected chi connectivity index (χ0v) is 47.0. The molecule has 0 atom stereocenters. The molecular weight excluding hydrogens is 1110 g/mol. The standard InChI is InChI=1S/2C10H9ClN2O.2C10H10N2O2.C9H6O3.CH6N2.Cl3OP/c1-6-4-3-5-7-8(6)9(11)12-13(2)10(7)14;1-6-4-3-5-7-8(6)10(14)13(2)12-9(7)11;1-6-4-3-5-7-8(6)9(13)11-12(2)10(7)14;1-6-4-3-5-7-8(6)10(14)12(2)11-9(7)13;1-5-3-2-4-6-7(5)9(11)12-8(6)10;1-3-2;1-5(2,3)4/h2*3-5H,1-2H3;2*3-5H,1-2H3,(H,11,13);2-4H,1H3;3H,2H2,1H3;. The summed E-state index contributed by atoms with van der Waals surface area (Å²) in [6.45, 7) is 9.22. The molecule has 10 rings (SSSR count). The number of hydrazine groups is 1. The summed E-state index contributed by atoms with van der Waals surface area (Å²) in [5.41, 5.74) is 6.33. The molecule has 0 saturated heterocycles. The number of nitrogens with one attached hydrogen (secondary N) is 3. The fourth-order valence-electron chi connectivity index (χ4n) is 7.50. The van der Waals surface area contributed by atoms with Gasteiger partial charge in [-0.2, -0.15) is 10.2 Å². The number of nitrogens with two attached hydrogens (primary N) is 1. The number of rotatable bonds is 0. The van der Waals surface area contributed by atoms with Crippen LogP contribution in [0.1, 0.15) is 48.5 Å². The highest BCUT2D eigenvalue weighted by atomic mass is 36.0. The van der Waals surface area contributed by atoms with Crippen LogP contribution < -0.4 is 44.6 Å². The molecule has 76 heavy (non-hydrogen) atoms. The lowest BCUT2D eigenvalue weighted by molar-refractivity contribution is 0.0443. The third kappa shape index (κ3) is 15.1. The van der Waals surface area contributed by atoms with Crippen LogP contribution in [0, 0.1) is 34.6 Å². The van der Waals surface area contributed by atoms with Gasteiger partial charge in [0, 0.05) is 39.0 Å². The molecular formula is C50H50Cl5N10O10P. The predicted octanol–water partition coefficient (Wildman–Crippen LogP) is 8.06. The minimum Gasteiger partial charge on any atom is -0.386 e. The van der Waals surface area contributed by atoms with Gasteiger partial charge in [0.15, 0.2) is 10.3 Å². The largest absolute Gasteiger partial charge is 0.386 e. The Hall–Kier alpha value is -7.00. The molecule has 9 aromatic rings. The van der Waals surface area contributed by atoms with E-state index < -0.39 is 17.1 Å². The first-order valence-corrected chi connectivity index (χ1v) is 27.3. The summed E-state index contributed by atoms with van der Waals surface area (Å²) in [6.07, 6.45) is 0. The molecule has 0 saturated carbocycles. The molecule has 0 fully saturated rings. The maximum Gasteiger partial charge on any atom is 0.347 e. The second-order valence-electron chi connectivity index (χ2n) is 16.4. The minimum atomic E-state index is -3.22. The lowest BCUT2D eigenvalue weighted by atomic mass is 10.0. The topological polar surface area (TPSA) is 278 Å². The Morgan fingerprint density at radius 1 is 0.500 bits per heavy atom. The highest BCUT2D eigenvalue weighted by Gasteiger charge is 2.30. The fraction of sp³-hybridized carbons (Fsp3) is 0.200. The number of carbonyl (C=O) groups excluding carboxylic acids is 2. The first kappa shape index (κ1) is 61.5. The van der Waals surface area contributed by atoms with Crippen molar-refractivity contribution in [2.24, 2.45) is 34.0 Å². The van der Waals surface area contributed by atoms with Crippen LogP contribution in [0.15, 0.2) is 120 Å². The van der Waals surface area contributed by atoms with Gasteiger partial charge in [0.25, 0.3) is 33.4 Å². The summed E-state index contributed by atoms with van der Waals surface area (Å²) in [7, 11) is 7.91. The number of esters is 2. The molecule has 1 aliphatic heterocycles. The third-order valence-corrected chi connectivity index (χ3v) is 11.5. The molecule has 5 N–H and O–H groups in total. The zero-order chi connectivity index (χ0) is 57.1. The van der Waals surface area contributed by atoms with E-state index in [0.717, 1.165) is 38.6 Å². The summed E-state index contributed by atoms with van der Waals surface area (Å²) in [5.74, 6) is 3.52. The highest BCUT2D eigenvalue weighted by molar-refractivity contribution is 8.24. The molecule has 4 aromatic heterocycles. The van der Waals surface area contributed by atoms with Gasteiger partial charge in [0.2, 0.25) is 0 Å². The Morgan fingerprint density at radius 3 is 1.41 bits per heavy atom. The van der Waals surface area contributed by atoms with E-state index in [1.165, 1.54) is 32.8 Å². The van der Waals surface area contributed by atoms with Crippen molar-refractivity contribution in [3.05, 3.63) is 202 Å². The van der Waals surface area contributed by atoms with Gasteiger partial charge in [-0.05, 0) is 127 Å². The van der Waals surface area contributed by atoms with Crippen LogP contribution in [0.5, 0.6) is 0 Å². The van der Waals surface area contributed by atoms with Crippen LogP contribution in [0.4, 0.5) is 0 Å². The second kappa shape index (κ2) is 26.7. The summed E-state index contributed by atoms with van der Waals surface area (Å²) < 4.78 is 18.9. The van der Waals surface area contributed by atoms with Crippen molar-refractivity contribution in [3.63, 3.8) is 0 Å². The molecule has 0 amide bonds. The number of H-pyrrole nitrogens is 2. The Balaban J connectivity index is 0.000000198. The number of ether oxygens (including phenoxy) is 1.